The Morgan fingerprint density at radius 3 is 2.66 bits per heavy atom. The smallest absolute Gasteiger partial charge is 0.232 e. The number of pyridine rings is 1. The highest BCUT2D eigenvalue weighted by Crippen LogP contribution is 2.40. The monoisotopic (exact) mass is 492 g/mol. The molecule has 0 bridgehead atoms. The Morgan fingerprint density at radius 2 is 2.00 bits per heavy atom. The second-order valence-corrected chi connectivity index (χ2v) is 11.4. The van der Waals surface area contributed by atoms with Crippen molar-refractivity contribution in [2.45, 2.75) is 32.6 Å². The maximum Gasteiger partial charge on any atom is 0.232 e. The molecule has 0 unspecified atom stereocenters. The van der Waals surface area contributed by atoms with Gasteiger partial charge in [0.15, 0.2) is 0 Å². The highest BCUT2D eigenvalue weighted by atomic mass is 32.2. The molecule has 10 heteroatoms. The summed E-state index contributed by atoms with van der Waals surface area (Å²) in [7, 11) is -0.109. The molecule has 3 aromatic rings. The summed E-state index contributed by atoms with van der Waals surface area (Å²) in [5.41, 5.74) is 6.73. The summed E-state index contributed by atoms with van der Waals surface area (Å²) in [5.74, 6) is 0.381. The zero-order chi connectivity index (χ0) is 24.9. The van der Waals surface area contributed by atoms with E-state index in [1.807, 2.05) is 42.8 Å². The molecule has 1 fully saturated rings. The molecule has 0 saturated heterocycles. The number of anilines is 3. The van der Waals surface area contributed by atoms with Gasteiger partial charge in [-0.05, 0) is 38.0 Å². The Morgan fingerprint density at radius 1 is 1.23 bits per heavy atom. The first-order chi connectivity index (χ1) is 16.6. The van der Waals surface area contributed by atoms with Gasteiger partial charge < -0.3 is 9.88 Å². The van der Waals surface area contributed by atoms with Crippen LogP contribution in [0.1, 0.15) is 31.2 Å². The Hall–Kier alpha value is -3.53. The quantitative estimate of drug-likeness (QED) is 0.512. The van der Waals surface area contributed by atoms with Crippen molar-refractivity contribution in [3.8, 4) is 11.3 Å². The molecule has 9 nitrogen and oxygen atoms in total. The normalized spacial score (nSPS) is 15.0. The number of ketones is 1. The fourth-order valence-electron chi connectivity index (χ4n) is 4.30. The minimum atomic E-state index is -3.53. The zero-order valence-electron chi connectivity index (χ0n) is 20.2. The third-order valence-electron chi connectivity index (χ3n) is 6.45. The summed E-state index contributed by atoms with van der Waals surface area (Å²) >= 11 is 0. The van der Waals surface area contributed by atoms with Gasteiger partial charge in [0.2, 0.25) is 10.0 Å². The molecular weight excluding hydrogens is 464 g/mol. The van der Waals surface area contributed by atoms with Crippen molar-refractivity contribution in [1.29, 1.82) is 0 Å². The summed E-state index contributed by atoms with van der Waals surface area (Å²) in [6.07, 6.45) is 7.46. The van der Waals surface area contributed by atoms with Crippen LogP contribution in [0.3, 0.4) is 0 Å². The van der Waals surface area contributed by atoms with Crippen LogP contribution >= 0.6 is 0 Å². The maximum atomic E-state index is 12.5. The first kappa shape index (κ1) is 23.2. The van der Waals surface area contributed by atoms with Crippen molar-refractivity contribution >= 4 is 44.3 Å². The number of sulfonamides is 1. The third-order valence-corrected chi connectivity index (χ3v) is 7.64. The molecule has 0 atom stereocenters. The number of nitrogens with one attached hydrogen (secondary N) is 1. The summed E-state index contributed by atoms with van der Waals surface area (Å²) in [5, 5.41) is 3.41. The molecule has 182 valence electrons. The number of carbonyl (C=O) groups excluding carboxylic acids is 1. The number of fused-ring (bicyclic) bond motifs is 1. The van der Waals surface area contributed by atoms with Crippen molar-refractivity contribution in [2.24, 2.45) is 18.0 Å². The highest BCUT2D eigenvalue weighted by Gasteiger charge is 2.30. The number of carbonyl (C=O) groups is 1. The molecule has 1 aromatic carbocycles. The molecule has 0 spiro atoms. The molecule has 35 heavy (non-hydrogen) atoms. The summed E-state index contributed by atoms with van der Waals surface area (Å²) < 4.78 is 28.1. The highest BCUT2D eigenvalue weighted by molar-refractivity contribution is 7.92. The Labute approximate surface area is 205 Å². The van der Waals surface area contributed by atoms with Crippen LogP contribution in [0.2, 0.25) is 0 Å². The summed E-state index contributed by atoms with van der Waals surface area (Å²) in [6.45, 7) is 1.95. The number of aliphatic imine (C=N–C) groups is 1. The van der Waals surface area contributed by atoms with Gasteiger partial charge in [0.1, 0.15) is 11.5 Å². The molecule has 5 rings (SSSR count). The van der Waals surface area contributed by atoms with Gasteiger partial charge in [-0.25, -0.2) is 13.4 Å². The topological polar surface area (TPSA) is 110 Å². The van der Waals surface area contributed by atoms with Gasteiger partial charge in [0.25, 0.3) is 0 Å². The van der Waals surface area contributed by atoms with Crippen LogP contribution in [0, 0.1) is 5.92 Å². The van der Waals surface area contributed by atoms with Gasteiger partial charge >= 0.3 is 0 Å². The second kappa shape index (κ2) is 8.60. The molecule has 1 N–H and O–H groups in total. The van der Waals surface area contributed by atoms with E-state index in [1.54, 1.807) is 12.5 Å². The molecule has 3 heterocycles. The number of imidazole rings is 1. The van der Waals surface area contributed by atoms with Crippen molar-refractivity contribution < 1.29 is 13.2 Å². The van der Waals surface area contributed by atoms with Crippen molar-refractivity contribution in [2.75, 3.05) is 22.9 Å². The lowest BCUT2D eigenvalue weighted by molar-refractivity contribution is -0.119. The number of nitrogens with zero attached hydrogens (tertiary/aromatic N) is 5. The van der Waals surface area contributed by atoms with Crippen LogP contribution in [0.5, 0.6) is 0 Å². The Kier molecular flexibility index (Phi) is 5.71. The molecule has 0 amide bonds. The molecule has 1 aliphatic heterocycles. The van der Waals surface area contributed by atoms with E-state index in [-0.39, 0.29) is 11.7 Å². The average Bonchev–Trinajstić information content (AvgIpc) is 3.46. The van der Waals surface area contributed by atoms with Crippen LogP contribution in [0.25, 0.3) is 11.3 Å². The zero-order valence-corrected chi connectivity index (χ0v) is 21.1. The minimum Gasteiger partial charge on any atom is -0.352 e. The van der Waals surface area contributed by atoms with Gasteiger partial charge in [-0.3, -0.25) is 19.1 Å². The third kappa shape index (κ3) is 4.70. The van der Waals surface area contributed by atoms with Crippen molar-refractivity contribution in [3.63, 3.8) is 0 Å². The summed E-state index contributed by atoms with van der Waals surface area (Å²) in [6, 6.07) is 7.47. The maximum absolute atomic E-state index is 12.5. The van der Waals surface area contributed by atoms with E-state index in [4.69, 9.17) is 4.98 Å². The minimum absolute atomic E-state index is 0.161. The van der Waals surface area contributed by atoms with Crippen molar-refractivity contribution in [1.82, 2.24) is 14.5 Å². The fourth-order valence-corrected chi connectivity index (χ4v) is 4.81. The number of hydrogen-bond acceptors (Lipinski definition) is 7. The van der Waals surface area contributed by atoms with E-state index in [2.05, 4.69) is 15.3 Å². The summed E-state index contributed by atoms with van der Waals surface area (Å²) in [4.78, 5) is 26.0. The lowest BCUT2D eigenvalue weighted by atomic mass is 10.1. The number of hydrogen-bond donors (Lipinski definition) is 1. The van der Waals surface area contributed by atoms with Crippen LogP contribution in [-0.2, 0) is 34.7 Å². The fraction of sp³-hybridized carbons (Fsp3) is 0.360. The van der Waals surface area contributed by atoms with Gasteiger partial charge in [-0.15, -0.1) is 0 Å². The largest absolute Gasteiger partial charge is 0.352 e. The number of Topliss-reactive ketones (excluding diaryl/α,β-unsaturated/α-hetero) is 1. The van der Waals surface area contributed by atoms with Crippen molar-refractivity contribution in [3.05, 3.63) is 48.2 Å². The molecule has 2 aromatic heterocycles. The van der Waals surface area contributed by atoms with E-state index in [0.717, 1.165) is 41.2 Å². The second-order valence-electron chi connectivity index (χ2n) is 9.37. The van der Waals surface area contributed by atoms with Crippen LogP contribution in [-0.4, -0.2) is 47.8 Å². The predicted octanol–water partition coefficient (Wildman–Crippen LogP) is 3.79. The number of aromatic nitrogens is 3. The van der Waals surface area contributed by atoms with Gasteiger partial charge in [-0.1, -0.05) is 6.07 Å². The van der Waals surface area contributed by atoms with Crippen LogP contribution in [0.4, 0.5) is 22.7 Å². The number of benzene rings is 1. The van der Waals surface area contributed by atoms with Crippen LogP contribution in [0.15, 0.2) is 41.8 Å². The Balaban J connectivity index is 1.58. The van der Waals surface area contributed by atoms with E-state index in [9.17, 15) is 13.2 Å². The van der Waals surface area contributed by atoms with E-state index < -0.39 is 10.0 Å². The SMILES string of the molecule is CC1=Nc2c(Nc3ccc(-c4cncn4C)cc3N(C)S(C)(=O)=O)cc(CC(=O)C3CC3)nc2C1. The first-order valence-corrected chi connectivity index (χ1v) is 13.4. The van der Waals surface area contributed by atoms with Gasteiger partial charge in [-0.2, -0.15) is 0 Å². The lowest BCUT2D eigenvalue weighted by Gasteiger charge is -2.23. The van der Waals surface area contributed by atoms with Gasteiger partial charge in [0, 0.05) is 44.1 Å². The van der Waals surface area contributed by atoms with E-state index in [1.165, 1.54) is 17.6 Å². The van der Waals surface area contributed by atoms with E-state index in [0.29, 0.717) is 35.6 Å². The van der Waals surface area contributed by atoms with Gasteiger partial charge in [0.05, 0.1) is 52.9 Å². The molecule has 1 saturated carbocycles. The lowest BCUT2D eigenvalue weighted by Crippen LogP contribution is -2.25. The molecule has 2 aliphatic rings. The average molecular weight is 493 g/mol. The standard InChI is InChI=1S/C25H28N6O3S/c1-15-9-20-25(27-15)21(11-18(28-20)12-24(32)16-5-6-16)29-19-8-7-17(23-13-26-14-30(23)2)10-22(19)31(3)35(4,33)34/h7-8,10-11,13-14,16H,5-6,9,12H2,1-4H3,(H,28,29). The first-order valence-electron chi connectivity index (χ1n) is 11.5. The van der Waals surface area contributed by atoms with Crippen LogP contribution < -0.4 is 9.62 Å². The predicted molar refractivity (Wildman–Crippen MR) is 137 cm³/mol. The molecule has 0 radical (unpaired) electrons. The number of rotatable bonds is 8. The Bertz CT molecular complexity index is 1470. The van der Waals surface area contributed by atoms with E-state index >= 15 is 0 Å². The molecular formula is C25H28N6O3S. The molecule has 1 aliphatic carbocycles. The number of aryl methyl sites for hydroxylation is 1.